The summed E-state index contributed by atoms with van der Waals surface area (Å²) in [5, 5.41) is 0. The van der Waals surface area contributed by atoms with Crippen LogP contribution in [0.4, 0.5) is 0 Å². The maximum Gasteiger partial charge on any atom is 0.195 e. The van der Waals surface area contributed by atoms with Crippen LogP contribution in [0.1, 0.15) is 27.0 Å². The Labute approximate surface area is 94.0 Å². The third kappa shape index (κ3) is 1.07. The van der Waals surface area contributed by atoms with Crippen LogP contribution in [0.5, 0.6) is 0 Å². The van der Waals surface area contributed by atoms with E-state index >= 15 is 0 Å². The van der Waals surface area contributed by atoms with Crippen molar-refractivity contribution in [3.05, 3.63) is 52.7 Å². The van der Waals surface area contributed by atoms with Crippen LogP contribution in [-0.4, -0.2) is 10.8 Å². The van der Waals surface area contributed by atoms with E-state index in [0.717, 1.165) is 33.5 Å². The number of rotatable bonds is 0. The SMILES string of the molecule is Cc1cnc2c(c1)C(=O)c1cccc(C)c1-2. The first kappa shape index (κ1) is 9.28. The van der Waals surface area contributed by atoms with Crippen molar-refractivity contribution in [3.63, 3.8) is 0 Å². The van der Waals surface area contributed by atoms with Gasteiger partial charge in [0.05, 0.1) is 5.69 Å². The molecule has 3 rings (SSSR count). The summed E-state index contributed by atoms with van der Waals surface area (Å²) in [5.41, 5.74) is 5.50. The molecule has 0 saturated heterocycles. The molecule has 0 spiro atoms. The van der Waals surface area contributed by atoms with E-state index in [1.165, 1.54) is 0 Å². The van der Waals surface area contributed by atoms with Crippen LogP contribution < -0.4 is 0 Å². The van der Waals surface area contributed by atoms with Crippen molar-refractivity contribution in [1.82, 2.24) is 4.98 Å². The number of benzene rings is 1. The Morgan fingerprint density at radius 3 is 2.75 bits per heavy atom. The normalized spacial score (nSPS) is 12.5. The fourth-order valence-corrected chi connectivity index (χ4v) is 2.26. The molecule has 16 heavy (non-hydrogen) atoms. The minimum Gasteiger partial charge on any atom is -0.289 e. The minimum atomic E-state index is 0.102. The third-order valence-electron chi connectivity index (χ3n) is 3.02. The highest BCUT2D eigenvalue weighted by atomic mass is 16.1. The summed E-state index contributed by atoms with van der Waals surface area (Å²) in [6.45, 7) is 3.97. The molecule has 0 radical (unpaired) electrons. The number of nitrogens with zero attached hydrogens (tertiary/aromatic N) is 1. The van der Waals surface area contributed by atoms with Crippen molar-refractivity contribution in [2.45, 2.75) is 13.8 Å². The molecule has 1 heterocycles. The minimum absolute atomic E-state index is 0.102. The standard InChI is InChI=1S/C14H11NO/c1-8-6-11-13(15-7-8)12-9(2)4-3-5-10(12)14(11)16/h3-7H,1-2H3. The van der Waals surface area contributed by atoms with E-state index in [2.05, 4.69) is 4.98 Å². The first-order valence-electron chi connectivity index (χ1n) is 5.30. The highest BCUT2D eigenvalue weighted by molar-refractivity contribution is 6.21. The largest absolute Gasteiger partial charge is 0.289 e. The summed E-state index contributed by atoms with van der Waals surface area (Å²) < 4.78 is 0. The molecule has 0 saturated carbocycles. The fourth-order valence-electron chi connectivity index (χ4n) is 2.26. The van der Waals surface area contributed by atoms with Gasteiger partial charge in [-0.25, -0.2) is 0 Å². The third-order valence-corrected chi connectivity index (χ3v) is 3.02. The Balaban J connectivity index is 2.41. The van der Waals surface area contributed by atoms with Crippen LogP contribution in [-0.2, 0) is 0 Å². The lowest BCUT2D eigenvalue weighted by atomic mass is 10.0. The molecule has 0 aliphatic heterocycles. The molecule has 0 amide bonds. The monoisotopic (exact) mass is 209 g/mol. The number of aromatic nitrogens is 1. The number of aryl methyl sites for hydroxylation is 2. The Kier molecular flexibility index (Phi) is 1.75. The quantitative estimate of drug-likeness (QED) is 0.569. The number of carbonyl (C=O) groups excluding carboxylic acids is 1. The number of carbonyl (C=O) groups is 1. The van der Waals surface area contributed by atoms with E-state index < -0.39 is 0 Å². The zero-order valence-electron chi connectivity index (χ0n) is 9.24. The van der Waals surface area contributed by atoms with Crippen LogP contribution in [0, 0.1) is 13.8 Å². The van der Waals surface area contributed by atoms with E-state index in [0.29, 0.717) is 0 Å². The molecule has 1 aromatic heterocycles. The number of pyridine rings is 1. The first-order chi connectivity index (χ1) is 7.68. The van der Waals surface area contributed by atoms with Gasteiger partial charge in [-0.05, 0) is 31.0 Å². The molecule has 78 valence electrons. The zero-order chi connectivity index (χ0) is 11.3. The van der Waals surface area contributed by atoms with Gasteiger partial charge in [0.25, 0.3) is 0 Å². The fraction of sp³-hybridized carbons (Fsp3) is 0.143. The molecular formula is C14H11NO. The van der Waals surface area contributed by atoms with Gasteiger partial charge in [-0.15, -0.1) is 0 Å². The van der Waals surface area contributed by atoms with Gasteiger partial charge in [-0.3, -0.25) is 9.78 Å². The average Bonchev–Trinajstić information content (AvgIpc) is 2.55. The van der Waals surface area contributed by atoms with Crippen molar-refractivity contribution in [2.75, 3.05) is 0 Å². The van der Waals surface area contributed by atoms with Gasteiger partial charge in [0.1, 0.15) is 0 Å². The second-order valence-electron chi connectivity index (χ2n) is 4.24. The average molecular weight is 209 g/mol. The molecule has 1 aliphatic carbocycles. The lowest BCUT2D eigenvalue weighted by Crippen LogP contribution is -1.95. The van der Waals surface area contributed by atoms with Crippen molar-refractivity contribution >= 4 is 5.78 Å². The molecule has 1 aliphatic rings. The molecular weight excluding hydrogens is 198 g/mol. The van der Waals surface area contributed by atoms with Crippen LogP contribution in [0.15, 0.2) is 30.5 Å². The van der Waals surface area contributed by atoms with Crippen molar-refractivity contribution < 1.29 is 4.79 Å². The van der Waals surface area contributed by atoms with Gasteiger partial charge in [0.15, 0.2) is 5.78 Å². The molecule has 0 N–H and O–H groups in total. The first-order valence-corrected chi connectivity index (χ1v) is 5.30. The maximum atomic E-state index is 12.2. The van der Waals surface area contributed by atoms with Gasteiger partial charge in [0.2, 0.25) is 0 Å². The van der Waals surface area contributed by atoms with Crippen molar-refractivity contribution in [3.8, 4) is 11.3 Å². The van der Waals surface area contributed by atoms with Crippen LogP contribution >= 0.6 is 0 Å². The van der Waals surface area contributed by atoms with Crippen LogP contribution in [0.25, 0.3) is 11.3 Å². The Morgan fingerprint density at radius 1 is 1.12 bits per heavy atom. The predicted octanol–water partition coefficient (Wildman–Crippen LogP) is 2.91. The second kappa shape index (κ2) is 3.01. The highest BCUT2D eigenvalue weighted by Crippen LogP contribution is 2.37. The highest BCUT2D eigenvalue weighted by Gasteiger charge is 2.28. The van der Waals surface area contributed by atoms with E-state index in [4.69, 9.17) is 0 Å². The zero-order valence-corrected chi connectivity index (χ0v) is 9.24. The summed E-state index contributed by atoms with van der Waals surface area (Å²) in [6, 6.07) is 7.74. The number of hydrogen-bond donors (Lipinski definition) is 0. The van der Waals surface area contributed by atoms with Gasteiger partial charge in [-0.1, -0.05) is 18.2 Å². The Morgan fingerprint density at radius 2 is 1.94 bits per heavy atom. The summed E-state index contributed by atoms with van der Waals surface area (Å²) >= 11 is 0. The summed E-state index contributed by atoms with van der Waals surface area (Å²) in [5.74, 6) is 0.102. The van der Waals surface area contributed by atoms with Crippen LogP contribution in [0.2, 0.25) is 0 Å². The van der Waals surface area contributed by atoms with Gasteiger partial charge in [0, 0.05) is 22.9 Å². The lowest BCUT2D eigenvalue weighted by molar-refractivity contribution is 0.104. The molecule has 0 unspecified atom stereocenters. The van der Waals surface area contributed by atoms with E-state index in [1.54, 1.807) is 0 Å². The van der Waals surface area contributed by atoms with Gasteiger partial charge >= 0.3 is 0 Å². The molecule has 0 fully saturated rings. The Bertz CT molecular complexity index is 614. The maximum absolute atomic E-state index is 12.2. The van der Waals surface area contributed by atoms with Gasteiger partial charge in [-0.2, -0.15) is 0 Å². The molecule has 1 aromatic carbocycles. The van der Waals surface area contributed by atoms with Gasteiger partial charge < -0.3 is 0 Å². The molecule has 2 heteroatoms. The second-order valence-corrected chi connectivity index (χ2v) is 4.24. The molecule has 2 nitrogen and oxygen atoms in total. The van der Waals surface area contributed by atoms with E-state index in [1.807, 2.05) is 44.3 Å². The summed E-state index contributed by atoms with van der Waals surface area (Å²) in [7, 11) is 0. The van der Waals surface area contributed by atoms with Crippen LogP contribution in [0.3, 0.4) is 0 Å². The summed E-state index contributed by atoms with van der Waals surface area (Å²) in [4.78, 5) is 16.5. The smallest absolute Gasteiger partial charge is 0.195 e. The molecule has 0 atom stereocenters. The molecule has 2 aromatic rings. The number of fused-ring (bicyclic) bond motifs is 3. The lowest BCUT2D eigenvalue weighted by Gasteiger charge is -2.02. The van der Waals surface area contributed by atoms with Crippen molar-refractivity contribution in [2.24, 2.45) is 0 Å². The topological polar surface area (TPSA) is 30.0 Å². The predicted molar refractivity (Wildman–Crippen MR) is 62.6 cm³/mol. The molecule has 0 bridgehead atoms. The van der Waals surface area contributed by atoms with E-state index in [-0.39, 0.29) is 5.78 Å². The van der Waals surface area contributed by atoms with E-state index in [9.17, 15) is 4.79 Å². The number of ketones is 1. The van der Waals surface area contributed by atoms with Crippen molar-refractivity contribution in [1.29, 1.82) is 0 Å². The Hall–Kier alpha value is -1.96. The summed E-state index contributed by atoms with van der Waals surface area (Å²) in [6.07, 6.45) is 1.81. The number of hydrogen-bond acceptors (Lipinski definition) is 2.